The molecule has 6 nitrogen and oxygen atoms in total. The van der Waals surface area contributed by atoms with Gasteiger partial charge in [0.1, 0.15) is 5.60 Å². The molecule has 0 spiro atoms. The highest BCUT2D eigenvalue weighted by atomic mass is 16.6. The summed E-state index contributed by atoms with van der Waals surface area (Å²) < 4.78 is 10.2. The lowest BCUT2D eigenvalue weighted by Gasteiger charge is -2.36. The van der Waals surface area contributed by atoms with Gasteiger partial charge in [-0.05, 0) is 27.7 Å². The summed E-state index contributed by atoms with van der Waals surface area (Å²) in [6.45, 7) is 7.04. The SMILES string of the molecule is CC(C)(C)OC(=O)[C@H](O)[C@]1(C)OCCNC1=O. The summed E-state index contributed by atoms with van der Waals surface area (Å²) in [6, 6.07) is 0. The van der Waals surface area contributed by atoms with E-state index in [9.17, 15) is 14.7 Å². The van der Waals surface area contributed by atoms with Gasteiger partial charge in [0.05, 0.1) is 6.61 Å². The van der Waals surface area contributed by atoms with E-state index in [0.717, 1.165) is 0 Å². The molecule has 17 heavy (non-hydrogen) atoms. The number of carbonyl (C=O) groups is 2. The van der Waals surface area contributed by atoms with Crippen LogP contribution >= 0.6 is 0 Å². The lowest BCUT2D eigenvalue weighted by Crippen LogP contribution is -2.62. The van der Waals surface area contributed by atoms with Crippen LogP contribution < -0.4 is 5.32 Å². The molecule has 0 bridgehead atoms. The van der Waals surface area contributed by atoms with E-state index in [0.29, 0.717) is 6.54 Å². The van der Waals surface area contributed by atoms with Crippen molar-refractivity contribution in [3.63, 3.8) is 0 Å². The molecule has 6 heteroatoms. The molecule has 98 valence electrons. The number of hydrogen-bond acceptors (Lipinski definition) is 5. The van der Waals surface area contributed by atoms with Crippen molar-refractivity contribution in [2.45, 2.75) is 45.0 Å². The summed E-state index contributed by atoms with van der Waals surface area (Å²) in [5.41, 5.74) is -2.31. The van der Waals surface area contributed by atoms with Crippen molar-refractivity contribution in [2.24, 2.45) is 0 Å². The van der Waals surface area contributed by atoms with Gasteiger partial charge in [-0.3, -0.25) is 4.79 Å². The molecule has 0 unspecified atom stereocenters. The first-order chi connectivity index (χ1) is 7.67. The molecule has 1 rings (SSSR count). The number of amides is 1. The first-order valence-electron chi connectivity index (χ1n) is 5.50. The van der Waals surface area contributed by atoms with Gasteiger partial charge in [-0.2, -0.15) is 0 Å². The maximum Gasteiger partial charge on any atom is 0.339 e. The summed E-state index contributed by atoms with van der Waals surface area (Å²) in [6.07, 6.45) is -1.64. The van der Waals surface area contributed by atoms with Crippen molar-refractivity contribution < 1.29 is 24.2 Å². The van der Waals surface area contributed by atoms with Crippen LogP contribution in [0.15, 0.2) is 0 Å². The molecule has 1 aliphatic heterocycles. The van der Waals surface area contributed by atoms with E-state index >= 15 is 0 Å². The molecule has 2 N–H and O–H groups in total. The number of nitrogens with one attached hydrogen (secondary N) is 1. The van der Waals surface area contributed by atoms with Crippen molar-refractivity contribution in [1.82, 2.24) is 5.32 Å². The largest absolute Gasteiger partial charge is 0.458 e. The number of hydrogen-bond donors (Lipinski definition) is 2. The van der Waals surface area contributed by atoms with Gasteiger partial charge >= 0.3 is 5.97 Å². The third-order valence-electron chi connectivity index (χ3n) is 2.39. The zero-order chi connectivity index (χ0) is 13.3. The molecule has 0 radical (unpaired) electrons. The molecule has 0 aromatic carbocycles. The van der Waals surface area contributed by atoms with Crippen LogP contribution in [-0.4, -0.2) is 47.4 Å². The molecule has 0 aromatic heterocycles. The highest BCUT2D eigenvalue weighted by Gasteiger charge is 2.48. The lowest BCUT2D eigenvalue weighted by atomic mass is 9.96. The van der Waals surface area contributed by atoms with Gasteiger partial charge in [-0.15, -0.1) is 0 Å². The van der Waals surface area contributed by atoms with Crippen molar-refractivity contribution >= 4 is 11.9 Å². The van der Waals surface area contributed by atoms with Crippen LogP contribution in [0.4, 0.5) is 0 Å². The molecular weight excluding hydrogens is 226 g/mol. The van der Waals surface area contributed by atoms with E-state index in [4.69, 9.17) is 9.47 Å². The molecule has 1 saturated heterocycles. The van der Waals surface area contributed by atoms with E-state index in [-0.39, 0.29) is 6.61 Å². The van der Waals surface area contributed by atoms with Crippen LogP contribution in [-0.2, 0) is 19.1 Å². The Morgan fingerprint density at radius 3 is 2.65 bits per heavy atom. The molecular formula is C11H19NO5. The van der Waals surface area contributed by atoms with Crippen LogP contribution in [0.1, 0.15) is 27.7 Å². The third-order valence-corrected chi connectivity index (χ3v) is 2.39. The van der Waals surface area contributed by atoms with E-state index in [2.05, 4.69) is 5.32 Å². The fourth-order valence-electron chi connectivity index (χ4n) is 1.45. The normalized spacial score (nSPS) is 27.2. The summed E-state index contributed by atoms with van der Waals surface area (Å²) in [4.78, 5) is 23.3. The Balaban J connectivity index is 2.77. The number of aliphatic hydroxyl groups excluding tert-OH is 1. The number of ether oxygens (including phenoxy) is 2. The minimum atomic E-state index is -1.64. The van der Waals surface area contributed by atoms with Gasteiger partial charge in [0, 0.05) is 6.54 Å². The van der Waals surface area contributed by atoms with Gasteiger partial charge in [-0.1, -0.05) is 0 Å². The molecule has 1 fully saturated rings. The van der Waals surface area contributed by atoms with Crippen LogP contribution in [0.25, 0.3) is 0 Å². The quantitative estimate of drug-likeness (QED) is 0.646. The van der Waals surface area contributed by atoms with E-state index in [1.807, 2.05) is 0 Å². The fraction of sp³-hybridized carbons (Fsp3) is 0.818. The maximum absolute atomic E-state index is 11.7. The Morgan fingerprint density at radius 1 is 1.59 bits per heavy atom. The Hall–Kier alpha value is -1.14. The fourth-order valence-corrected chi connectivity index (χ4v) is 1.45. The molecule has 2 atom stereocenters. The molecule has 1 amide bonds. The van der Waals surface area contributed by atoms with Gasteiger partial charge < -0.3 is 19.9 Å². The smallest absolute Gasteiger partial charge is 0.339 e. The first-order valence-corrected chi connectivity index (χ1v) is 5.50. The zero-order valence-corrected chi connectivity index (χ0v) is 10.6. The van der Waals surface area contributed by atoms with Crippen LogP contribution in [0.3, 0.4) is 0 Å². The minimum Gasteiger partial charge on any atom is -0.458 e. The second kappa shape index (κ2) is 4.62. The summed E-state index contributed by atoms with van der Waals surface area (Å²) in [5, 5.41) is 12.4. The van der Waals surface area contributed by atoms with Gasteiger partial charge in [0.2, 0.25) is 0 Å². The standard InChI is InChI=1S/C11H19NO5/c1-10(2,3)17-8(14)7(13)11(4)9(15)12-5-6-16-11/h7,13H,5-6H2,1-4H3,(H,12,15)/t7-,11-/m0/s1. The molecule has 1 heterocycles. The van der Waals surface area contributed by atoms with Crippen LogP contribution in [0, 0.1) is 0 Å². The minimum absolute atomic E-state index is 0.252. The van der Waals surface area contributed by atoms with Gasteiger partial charge in [0.15, 0.2) is 11.7 Å². The first kappa shape index (κ1) is 13.9. The van der Waals surface area contributed by atoms with E-state index in [1.165, 1.54) is 6.92 Å². The van der Waals surface area contributed by atoms with Crippen molar-refractivity contribution in [2.75, 3.05) is 13.2 Å². The Morgan fingerprint density at radius 2 is 2.18 bits per heavy atom. The monoisotopic (exact) mass is 245 g/mol. The Bertz CT molecular complexity index is 322. The molecule has 0 aromatic rings. The van der Waals surface area contributed by atoms with Crippen molar-refractivity contribution in [3.05, 3.63) is 0 Å². The third kappa shape index (κ3) is 3.17. The second-order valence-corrected chi connectivity index (χ2v) is 5.15. The van der Waals surface area contributed by atoms with E-state index < -0.39 is 29.2 Å². The van der Waals surface area contributed by atoms with E-state index in [1.54, 1.807) is 20.8 Å². The topological polar surface area (TPSA) is 84.9 Å². The predicted molar refractivity (Wildman–Crippen MR) is 59.2 cm³/mol. The number of rotatable bonds is 2. The maximum atomic E-state index is 11.7. The second-order valence-electron chi connectivity index (χ2n) is 5.15. The predicted octanol–water partition coefficient (Wildman–Crippen LogP) is -0.406. The highest BCUT2D eigenvalue weighted by Crippen LogP contribution is 2.21. The number of carbonyl (C=O) groups excluding carboxylic acids is 2. The highest BCUT2D eigenvalue weighted by molar-refractivity contribution is 5.92. The number of aliphatic hydroxyl groups is 1. The van der Waals surface area contributed by atoms with Crippen molar-refractivity contribution in [1.29, 1.82) is 0 Å². The Kier molecular flexibility index (Phi) is 3.78. The summed E-state index contributed by atoms with van der Waals surface area (Å²) in [7, 11) is 0. The Labute approximate surface area is 100 Å². The molecule has 0 aliphatic carbocycles. The number of esters is 1. The average Bonchev–Trinajstić information content (AvgIpc) is 2.19. The van der Waals surface area contributed by atoms with Crippen LogP contribution in [0.5, 0.6) is 0 Å². The summed E-state index contributed by atoms with van der Waals surface area (Å²) in [5.74, 6) is -1.38. The van der Waals surface area contributed by atoms with Gasteiger partial charge in [0.25, 0.3) is 5.91 Å². The lowest BCUT2D eigenvalue weighted by molar-refractivity contribution is -0.193. The molecule has 0 saturated carbocycles. The van der Waals surface area contributed by atoms with Crippen molar-refractivity contribution in [3.8, 4) is 0 Å². The van der Waals surface area contributed by atoms with Gasteiger partial charge in [-0.25, -0.2) is 4.79 Å². The summed E-state index contributed by atoms with van der Waals surface area (Å²) >= 11 is 0. The van der Waals surface area contributed by atoms with Crippen LogP contribution in [0.2, 0.25) is 0 Å². The number of morpholine rings is 1. The molecule has 1 aliphatic rings. The zero-order valence-electron chi connectivity index (χ0n) is 10.6. The average molecular weight is 245 g/mol.